The van der Waals surface area contributed by atoms with E-state index in [0.717, 1.165) is 0 Å². The van der Waals surface area contributed by atoms with E-state index in [1.165, 1.54) is 8.35 Å². The van der Waals surface area contributed by atoms with Gasteiger partial charge in [0.2, 0.25) is 0 Å². The molecule has 4 heteroatoms. The van der Waals surface area contributed by atoms with Gasteiger partial charge in [0.05, 0.1) is 0 Å². The Morgan fingerprint density at radius 1 is 0.792 bits per heavy atom. The molecule has 2 rings (SSSR count). The summed E-state index contributed by atoms with van der Waals surface area (Å²) >= 11 is -3.27. The predicted octanol–water partition coefficient (Wildman–Crippen LogP) is 6.68. The smallest absolute Gasteiger partial charge is 0.147 e. The third-order valence-electron chi connectivity index (χ3n) is 7.09. The van der Waals surface area contributed by atoms with Gasteiger partial charge < -0.3 is 0 Å². The molecule has 0 saturated heterocycles. The zero-order valence-electron chi connectivity index (χ0n) is 16.7. The van der Waals surface area contributed by atoms with E-state index in [9.17, 15) is 0 Å². The van der Waals surface area contributed by atoms with Crippen LogP contribution < -0.4 is 0 Å². The van der Waals surface area contributed by atoms with Crippen LogP contribution in [0.4, 0.5) is 0 Å². The fourth-order valence-electron chi connectivity index (χ4n) is 5.55. The second-order valence-corrected chi connectivity index (χ2v) is 44.9. The Morgan fingerprint density at radius 2 is 1.08 bits per heavy atom. The van der Waals surface area contributed by atoms with Crippen molar-refractivity contribution in [1.29, 1.82) is 0 Å². The van der Waals surface area contributed by atoms with Crippen LogP contribution >= 0.6 is 24.8 Å². The van der Waals surface area contributed by atoms with Crippen molar-refractivity contribution in [3.8, 4) is 0 Å². The Labute approximate surface area is 164 Å². The standard InChI is InChI=1S/2C8H11.2C2H5.2ClH.Hf.H2Si/c2*1-6-4-7(2)8(3)5-6;2*1-2;;;;/h2*4,8H,1-3H3;2*1H2,2H3;2*1H;;1H2. The second-order valence-electron chi connectivity index (χ2n) is 8.06. The van der Waals surface area contributed by atoms with Crippen molar-refractivity contribution in [3.63, 3.8) is 0 Å². The van der Waals surface area contributed by atoms with Gasteiger partial charge in [-0.15, -0.1) is 24.8 Å². The summed E-state index contributed by atoms with van der Waals surface area (Å²) in [5.74, 6) is 1.34. The Bertz CT molecular complexity index is 647. The molecule has 0 aromatic heterocycles. The van der Waals surface area contributed by atoms with Crippen LogP contribution in [0.25, 0.3) is 0 Å². The van der Waals surface area contributed by atoms with E-state index in [0.29, 0.717) is 11.8 Å². The summed E-state index contributed by atoms with van der Waals surface area (Å²) in [6.07, 6.45) is 4.95. The van der Waals surface area contributed by atoms with Crippen LogP contribution in [-0.4, -0.2) is 6.94 Å². The predicted molar refractivity (Wildman–Crippen MR) is 115 cm³/mol. The molecule has 0 aromatic rings. The third-order valence-corrected chi connectivity index (χ3v) is 49.9. The van der Waals surface area contributed by atoms with Crippen LogP contribution in [0.5, 0.6) is 0 Å². The largest absolute Gasteiger partial charge is 0.147 e. The third kappa shape index (κ3) is 3.30. The van der Waals surface area contributed by atoms with Crippen LogP contribution in [0.2, 0.25) is 8.35 Å². The molecule has 0 heterocycles. The fourth-order valence-corrected chi connectivity index (χ4v) is 41.2. The van der Waals surface area contributed by atoms with Crippen molar-refractivity contribution in [2.45, 2.75) is 63.7 Å². The summed E-state index contributed by atoms with van der Waals surface area (Å²) in [7, 11) is 0. The molecule has 0 nitrogen and oxygen atoms in total. The Hall–Kier alpha value is 0.627. The van der Waals surface area contributed by atoms with Gasteiger partial charge in [-0.3, -0.25) is 0 Å². The first-order chi connectivity index (χ1) is 10.1. The number of halogens is 2. The van der Waals surface area contributed by atoms with E-state index in [4.69, 9.17) is 0 Å². The van der Waals surface area contributed by atoms with E-state index in [-0.39, 0.29) is 24.8 Å². The average molecular weight is 554 g/mol. The molecule has 24 heavy (non-hydrogen) atoms. The van der Waals surface area contributed by atoms with Gasteiger partial charge in [-0.25, -0.2) is 0 Å². The van der Waals surface area contributed by atoms with Crippen molar-refractivity contribution in [3.05, 3.63) is 41.1 Å². The topological polar surface area (TPSA) is 0 Å². The average Bonchev–Trinajstić information content (AvgIpc) is 2.87. The first kappa shape index (κ1) is 24.6. The Kier molecular flexibility index (Phi) is 8.32. The second kappa shape index (κ2) is 8.11. The molecule has 2 aliphatic carbocycles. The molecule has 138 valence electrons. The molecular weight excluding hydrogens is 518 g/mol. The fraction of sp³-hybridized carbons (Fsp3) is 0.600. The van der Waals surface area contributed by atoms with Gasteiger partial charge in [-0.1, -0.05) is 0 Å². The maximum absolute atomic E-state index is 3.27. The van der Waals surface area contributed by atoms with E-state index in [2.05, 4.69) is 74.5 Å². The van der Waals surface area contributed by atoms with Gasteiger partial charge in [-0.2, -0.15) is 0 Å². The minimum atomic E-state index is -3.27. The molecule has 2 unspecified atom stereocenters. The van der Waals surface area contributed by atoms with Crippen LogP contribution in [0, 0.1) is 11.8 Å². The summed E-state index contributed by atoms with van der Waals surface area (Å²) in [4.78, 5) is 0. The van der Waals surface area contributed by atoms with Crippen molar-refractivity contribution >= 4 is 31.8 Å². The minimum absolute atomic E-state index is 0. The summed E-state index contributed by atoms with van der Waals surface area (Å²) in [6.45, 7) is 21.8. The van der Waals surface area contributed by atoms with Crippen molar-refractivity contribution in [1.82, 2.24) is 0 Å². The number of allylic oxidation sites excluding steroid dienone is 8. The maximum atomic E-state index is 2.49. The van der Waals surface area contributed by atoms with Crippen molar-refractivity contribution in [2.75, 3.05) is 0 Å². The molecule has 0 saturated carbocycles. The zero-order valence-corrected chi connectivity index (χ0v) is 23.4. The van der Waals surface area contributed by atoms with Gasteiger partial charge in [0.25, 0.3) is 0 Å². The summed E-state index contributed by atoms with van der Waals surface area (Å²) in [5.41, 5.74) is 6.38. The molecular formula is C20H36Cl2HfSi. The summed E-state index contributed by atoms with van der Waals surface area (Å²) in [5, 5.41) is 0. The molecule has 0 aliphatic heterocycles. The van der Waals surface area contributed by atoms with Crippen LogP contribution in [0.1, 0.15) is 55.4 Å². The monoisotopic (exact) mass is 554 g/mol. The Balaban J connectivity index is 0.00000264. The van der Waals surface area contributed by atoms with Crippen LogP contribution in [-0.2, 0) is 17.1 Å². The van der Waals surface area contributed by atoms with Gasteiger partial charge in [0.1, 0.15) is 0 Å². The molecule has 0 spiro atoms. The molecule has 0 amide bonds. The van der Waals surface area contributed by atoms with Gasteiger partial charge in [0, 0.05) is 0 Å². The molecule has 0 radical (unpaired) electrons. The minimum Gasteiger partial charge on any atom is -0.147 e. The summed E-state index contributed by atoms with van der Waals surface area (Å²) < 4.78 is 6.62. The molecule has 2 aliphatic rings. The molecule has 2 atom stereocenters. The van der Waals surface area contributed by atoms with Crippen LogP contribution in [0.3, 0.4) is 0 Å². The molecule has 0 bridgehead atoms. The zero-order chi connectivity index (χ0) is 16.9. The summed E-state index contributed by atoms with van der Waals surface area (Å²) in [6, 6.07) is 0. The van der Waals surface area contributed by atoms with Crippen molar-refractivity contribution in [2.24, 2.45) is 11.8 Å². The normalized spacial score (nSPS) is 24.5. The van der Waals surface area contributed by atoms with E-state index >= 15 is 0 Å². The van der Waals surface area contributed by atoms with E-state index < -0.39 is 17.1 Å². The molecule has 0 aromatic carbocycles. The van der Waals surface area contributed by atoms with Gasteiger partial charge in [0.15, 0.2) is 0 Å². The van der Waals surface area contributed by atoms with Crippen LogP contribution in [0.15, 0.2) is 41.1 Å². The first-order valence-electron chi connectivity index (χ1n) is 8.94. The maximum Gasteiger partial charge on any atom is -0.147 e. The Morgan fingerprint density at radius 3 is 1.25 bits per heavy atom. The number of hydrogen-bond acceptors (Lipinski definition) is 0. The van der Waals surface area contributed by atoms with Gasteiger partial charge >= 0.3 is 141 Å². The SMILES string of the molecule is C[CH2][Hf](=[SiH2])([CH2]C)([C]1=C(C)C=C(C)C1C)[C]1=C(C)C=C(C)C1C.Cl.Cl. The quantitative estimate of drug-likeness (QED) is 0.341. The van der Waals surface area contributed by atoms with Crippen molar-refractivity contribution < 1.29 is 17.1 Å². The number of rotatable bonds is 4. The molecule has 0 N–H and O–H groups in total. The first-order valence-corrected chi connectivity index (χ1v) is 25.9. The molecule has 0 fully saturated rings. The van der Waals surface area contributed by atoms with Gasteiger partial charge in [-0.05, 0) is 0 Å². The van der Waals surface area contributed by atoms with E-state index in [1.54, 1.807) is 22.3 Å². The van der Waals surface area contributed by atoms with E-state index in [1.807, 2.05) is 6.66 Å². The number of hydrogen-bond donors (Lipinski definition) is 0.